The highest BCUT2D eigenvalue weighted by Gasteiger charge is 2.49. The molecule has 1 aliphatic rings. The summed E-state index contributed by atoms with van der Waals surface area (Å²) in [7, 11) is 0. The van der Waals surface area contributed by atoms with Crippen LogP contribution in [0.3, 0.4) is 0 Å². The van der Waals surface area contributed by atoms with Crippen LogP contribution in [0.1, 0.15) is 43.4 Å². The maximum atomic E-state index is 13.2. The topological polar surface area (TPSA) is 96.3 Å². The first-order chi connectivity index (χ1) is 16.2. The molecular formula is C25H26ClN5O3. The van der Waals surface area contributed by atoms with Gasteiger partial charge in [-0.05, 0) is 35.6 Å². The molecule has 8 nitrogen and oxygen atoms in total. The highest BCUT2D eigenvalue weighted by atomic mass is 35.5. The average Bonchev–Trinajstić information content (AvgIpc) is 3.32. The van der Waals surface area contributed by atoms with Crippen LogP contribution in [0.4, 0.5) is 10.6 Å². The molecule has 4 rings (SSSR count). The van der Waals surface area contributed by atoms with Crippen molar-refractivity contribution in [2.75, 3.05) is 11.9 Å². The fraction of sp³-hybridized carbons (Fsp3) is 0.280. The monoisotopic (exact) mass is 479 g/mol. The van der Waals surface area contributed by atoms with E-state index in [1.54, 1.807) is 29.9 Å². The molecule has 0 spiro atoms. The molecule has 1 atom stereocenters. The summed E-state index contributed by atoms with van der Waals surface area (Å²) in [4.78, 5) is 39.5. The zero-order chi connectivity index (χ0) is 24.5. The normalized spacial score (nSPS) is 17.9. The summed E-state index contributed by atoms with van der Waals surface area (Å²) < 4.78 is 1.59. The smallest absolute Gasteiger partial charge is 0.319 e. The van der Waals surface area contributed by atoms with Crippen LogP contribution in [-0.4, -0.2) is 39.1 Å². The third kappa shape index (κ3) is 4.54. The third-order valence-electron chi connectivity index (χ3n) is 5.99. The Morgan fingerprint density at radius 3 is 2.50 bits per heavy atom. The molecule has 2 N–H and O–H groups in total. The van der Waals surface area contributed by atoms with Gasteiger partial charge < -0.3 is 10.6 Å². The number of carbonyl (C=O) groups is 3. The number of imide groups is 1. The first kappa shape index (κ1) is 23.5. The minimum absolute atomic E-state index is 0.349. The van der Waals surface area contributed by atoms with E-state index in [2.05, 4.69) is 29.6 Å². The van der Waals surface area contributed by atoms with Crippen LogP contribution in [-0.2, 0) is 21.7 Å². The second kappa shape index (κ2) is 9.30. The molecule has 1 aliphatic heterocycles. The van der Waals surface area contributed by atoms with E-state index in [-0.39, 0.29) is 0 Å². The van der Waals surface area contributed by atoms with Gasteiger partial charge in [0, 0.05) is 11.1 Å². The summed E-state index contributed by atoms with van der Waals surface area (Å²) in [6, 6.07) is 16.0. The van der Waals surface area contributed by atoms with Crippen molar-refractivity contribution in [1.29, 1.82) is 0 Å². The number of anilines is 1. The van der Waals surface area contributed by atoms with Crippen LogP contribution in [0.25, 0.3) is 0 Å². The predicted molar refractivity (Wildman–Crippen MR) is 130 cm³/mol. The summed E-state index contributed by atoms with van der Waals surface area (Å²) in [5.41, 5.74) is 1.40. The van der Waals surface area contributed by atoms with Gasteiger partial charge in [-0.25, -0.2) is 9.48 Å². The van der Waals surface area contributed by atoms with Crippen LogP contribution in [0.15, 0.2) is 60.8 Å². The molecule has 0 radical (unpaired) electrons. The van der Waals surface area contributed by atoms with Crippen molar-refractivity contribution in [3.63, 3.8) is 0 Å². The Labute approximate surface area is 202 Å². The molecule has 0 aliphatic carbocycles. The highest BCUT2D eigenvalue weighted by Crippen LogP contribution is 2.30. The van der Waals surface area contributed by atoms with Crippen molar-refractivity contribution < 1.29 is 14.4 Å². The largest absolute Gasteiger partial charge is 0.325 e. The molecule has 2 aromatic carbocycles. The summed E-state index contributed by atoms with van der Waals surface area (Å²) in [5, 5.41) is 10.3. The Morgan fingerprint density at radius 2 is 1.82 bits per heavy atom. The number of amides is 4. The number of hydrogen-bond acceptors (Lipinski definition) is 4. The zero-order valence-corrected chi connectivity index (χ0v) is 20.0. The molecule has 0 bridgehead atoms. The van der Waals surface area contributed by atoms with Crippen LogP contribution in [0.2, 0.25) is 5.02 Å². The van der Waals surface area contributed by atoms with Crippen molar-refractivity contribution in [2.45, 2.75) is 38.8 Å². The molecular weight excluding hydrogens is 454 g/mol. The van der Waals surface area contributed by atoms with Gasteiger partial charge in [0.05, 0.1) is 12.7 Å². The number of aromatic nitrogens is 2. The van der Waals surface area contributed by atoms with Crippen molar-refractivity contribution in [3.05, 3.63) is 82.5 Å². The van der Waals surface area contributed by atoms with Gasteiger partial charge in [0.1, 0.15) is 17.9 Å². The number of benzene rings is 2. The Hall–Kier alpha value is -3.65. The molecule has 1 saturated heterocycles. The first-order valence-electron chi connectivity index (χ1n) is 11.0. The van der Waals surface area contributed by atoms with Gasteiger partial charge in [0.25, 0.3) is 5.91 Å². The summed E-state index contributed by atoms with van der Waals surface area (Å²) in [5.74, 6) is -0.204. The van der Waals surface area contributed by atoms with Crippen molar-refractivity contribution in [3.8, 4) is 0 Å². The maximum Gasteiger partial charge on any atom is 0.325 e. The predicted octanol–water partition coefficient (Wildman–Crippen LogP) is 4.11. The number of nitrogens with one attached hydrogen (secondary N) is 2. The molecule has 176 valence electrons. The molecule has 1 fully saturated rings. The van der Waals surface area contributed by atoms with Crippen LogP contribution in [0.5, 0.6) is 0 Å². The Kier molecular flexibility index (Phi) is 6.43. The fourth-order valence-electron chi connectivity index (χ4n) is 3.92. The van der Waals surface area contributed by atoms with E-state index in [0.29, 0.717) is 28.9 Å². The standard InChI is InChI=1S/C25H26ClN5O3/c1-16(2)17-8-10-19(11-9-17)25(3)23(33)30(24(34)29-25)15-22(32)28-21-12-13-27-31(21)14-18-6-4-5-7-20(18)26/h4-13,16H,14-15H2,1-3H3,(H,28,32)(H,29,34). The van der Waals surface area contributed by atoms with Crippen molar-refractivity contribution >= 4 is 35.3 Å². The van der Waals surface area contributed by atoms with E-state index in [1.807, 2.05) is 42.5 Å². The van der Waals surface area contributed by atoms with Crippen molar-refractivity contribution in [1.82, 2.24) is 20.0 Å². The van der Waals surface area contributed by atoms with Gasteiger partial charge in [0.2, 0.25) is 5.91 Å². The summed E-state index contributed by atoms with van der Waals surface area (Å²) >= 11 is 6.23. The van der Waals surface area contributed by atoms with Crippen LogP contribution >= 0.6 is 11.6 Å². The molecule has 9 heteroatoms. The van der Waals surface area contributed by atoms with Gasteiger partial charge in [-0.2, -0.15) is 5.10 Å². The minimum atomic E-state index is -1.24. The average molecular weight is 480 g/mol. The quantitative estimate of drug-likeness (QED) is 0.498. The zero-order valence-electron chi connectivity index (χ0n) is 19.2. The second-order valence-corrected chi connectivity index (χ2v) is 9.14. The van der Waals surface area contributed by atoms with Gasteiger partial charge in [-0.1, -0.05) is 67.9 Å². The number of nitrogens with zero attached hydrogens (tertiary/aromatic N) is 3. The van der Waals surface area contributed by atoms with E-state index in [4.69, 9.17) is 11.6 Å². The summed E-state index contributed by atoms with van der Waals surface area (Å²) in [6.45, 7) is 5.76. The summed E-state index contributed by atoms with van der Waals surface area (Å²) in [6.07, 6.45) is 1.55. The second-order valence-electron chi connectivity index (χ2n) is 8.74. The third-order valence-corrected chi connectivity index (χ3v) is 6.36. The van der Waals surface area contributed by atoms with E-state index in [9.17, 15) is 14.4 Å². The number of halogens is 1. The molecule has 0 saturated carbocycles. The Balaban J connectivity index is 1.45. The van der Waals surface area contributed by atoms with E-state index in [1.165, 1.54) is 0 Å². The van der Waals surface area contributed by atoms with Gasteiger partial charge in [0.15, 0.2) is 0 Å². The molecule has 34 heavy (non-hydrogen) atoms. The molecule has 1 aromatic heterocycles. The first-order valence-corrected chi connectivity index (χ1v) is 11.4. The van der Waals surface area contributed by atoms with Crippen molar-refractivity contribution in [2.24, 2.45) is 0 Å². The molecule has 4 amide bonds. The molecule has 1 unspecified atom stereocenters. The molecule has 2 heterocycles. The number of rotatable bonds is 7. The molecule has 3 aromatic rings. The highest BCUT2D eigenvalue weighted by molar-refractivity contribution is 6.31. The van der Waals surface area contributed by atoms with Crippen LogP contribution in [0, 0.1) is 0 Å². The maximum absolute atomic E-state index is 13.2. The lowest BCUT2D eigenvalue weighted by atomic mass is 9.90. The van der Waals surface area contributed by atoms with E-state index >= 15 is 0 Å². The Bertz CT molecular complexity index is 1240. The lowest BCUT2D eigenvalue weighted by molar-refractivity contribution is -0.133. The minimum Gasteiger partial charge on any atom is -0.319 e. The van der Waals surface area contributed by atoms with Gasteiger partial charge >= 0.3 is 6.03 Å². The van der Waals surface area contributed by atoms with Crippen LogP contribution < -0.4 is 10.6 Å². The Morgan fingerprint density at radius 1 is 1.12 bits per heavy atom. The van der Waals surface area contributed by atoms with Gasteiger partial charge in [-0.15, -0.1) is 0 Å². The fourth-order valence-corrected chi connectivity index (χ4v) is 4.11. The SMILES string of the molecule is CC(C)c1ccc(C2(C)NC(=O)N(CC(=O)Nc3ccnn3Cc3ccccc3Cl)C2=O)cc1. The van der Waals surface area contributed by atoms with E-state index in [0.717, 1.165) is 16.0 Å². The van der Waals surface area contributed by atoms with E-state index < -0.39 is 29.9 Å². The lowest BCUT2D eigenvalue weighted by Gasteiger charge is -2.22. The van der Waals surface area contributed by atoms with Gasteiger partial charge in [-0.3, -0.25) is 14.5 Å². The number of carbonyl (C=O) groups excluding carboxylic acids is 3. The number of urea groups is 1. The number of hydrogen-bond donors (Lipinski definition) is 2. The lowest BCUT2D eigenvalue weighted by Crippen LogP contribution is -2.42.